The number of carboxylic acids is 1. The van der Waals surface area contributed by atoms with Crippen molar-refractivity contribution in [1.82, 2.24) is 10.3 Å². The molecule has 0 bridgehead atoms. The van der Waals surface area contributed by atoms with Crippen LogP contribution in [0.25, 0.3) is 11.1 Å². The van der Waals surface area contributed by atoms with E-state index in [9.17, 15) is 14.4 Å². The number of rotatable bonds is 11. The quantitative estimate of drug-likeness (QED) is 0.347. The van der Waals surface area contributed by atoms with Crippen LogP contribution in [0, 0.1) is 0 Å². The number of hydrogen-bond donors (Lipinski definition) is 3. The number of anilines is 1. The smallest absolute Gasteiger partial charge is 0.413 e. The summed E-state index contributed by atoms with van der Waals surface area (Å²) in [5.74, 6) is -1.25. The van der Waals surface area contributed by atoms with Gasteiger partial charge in [-0.25, -0.2) is 14.6 Å². The summed E-state index contributed by atoms with van der Waals surface area (Å²) in [5, 5.41) is 14.2. The molecule has 182 valence electrons. The monoisotopic (exact) mass is 495 g/mol. The summed E-state index contributed by atoms with van der Waals surface area (Å²) in [7, 11) is 0. The van der Waals surface area contributed by atoms with E-state index in [1.54, 1.807) is 6.20 Å². The number of nitrogens with one attached hydrogen (secondary N) is 2. The molecule has 1 aliphatic carbocycles. The lowest BCUT2D eigenvalue weighted by atomic mass is 9.98. The van der Waals surface area contributed by atoms with Crippen molar-refractivity contribution in [1.29, 1.82) is 0 Å². The van der Waals surface area contributed by atoms with E-state index in [1.807, 2.05) is 24.3 Å². The molecule has 10 heteroatoms. The topological polar surface area (TPSA) is 127 Å². The number of thiazole rings is 1. The second-order valence-corrected chi connectivity index (χ2v) is 8.99. The van der Waals surface area contributed by atoms with E-state index >= 15 is 0 Å². The Morgan fingerprint density at radius 1 is 1.03 bits per heavy atom. The number of fused-ring (bicyclic) bond motifs is 3. The Morgan fingerprint density at radius 3 is 2.40 bits per heavy atom. The van der Waals surface area contributed by atoms with Crippen LogP contribution in [-0.2, 0) is 25.5 Å². The Labute approximate surface area is 206 Å². The van der Waals surface area contributed by atoms with Gasteiger partial charge in [0.05, 0.1) is 6.61 Å². The zero-order valence-corrected chi connectivity index (χ0v) is 19.7. The van der Waals surface area contributed by atoms with Crippen LogP contribution >= 0.6 is 11.3 Å². The van der Waals surface area contributed by atoms with Crippen molar-refractivity contribution in [2.75, 3.05) is 31.7 Å². The predicted octanol–water partition coefficient (Wildman–Crippen LogP) is 3.65. The summed E-state index contributed by atoms with van der Waals surface area (Å²) >= 11 is 1.28. The third kappa shape index (κ3) is 6.43. The normalized spacial score (nSPS) is 12.0. The fraction of sp³-hybridized carbons (Fsp3) is 0.280. The largest absolute Gasteiger partial charge is 0.480 e. The standard InChI is InChI=1S/C25H25N3O6S/c29-22(26-11-12-33-15-23(30)31)10-9-16-13-27-24(35-16)28-25(32)34-14-21-19-7-3-1-5-17(19)18-6-2-4-8-20(18)21/h1-8,13,21H,9-12,14-15H2,(H,26,29)(H,30,31)(H,27,28,32). The molecule has 0 aliphatic heterocycles. The van der Waals surface area contributed by atoms with E-state index < -0.39 is 18.7 Å². The zero-order chi connectivity index (χ0) is 24.6. The predicted molar refractivity (Wildman–Crippen MR) is 131 cm³/mol. The molecule has 2 amide bonds. The molecule has 1 heterocycles. The molecule has 0 radical (unpaired) electrons. The van der Waals surface area contributed by atoms with Crippen LogP contribution in [0.3, 0.4) is 0 Å². The van der Waals surface area contributed by atoms with Gasteiger partial charge in [0.1, 0.15) is 13.2 Å². The average Bonchev–Trinajstić information content (AvgIpc) is 3.43. The van der Waals surface area contributed by atoms with E-state index in [4.69, 9.17) is 14.6 Å². The molecule has 2 aromatic carbocycles. The molecule has 4 rings (SSSR count). The number of aromatic nitrogens is 1. The van der Waals surface area contributed by atoms with E-state index in [1.165, 1.54) is 22.5 Å². The SMILES string of the molecule is O=C(O)COCCNC(=O)CCc1cnc(NC(=O)OCC2c3ccccc3-c3ccccc32)s1. The van der Waals surface area contributed by atoms with Gasteiger partial charge in [0.2, 0.25) is 5.91 Å². The minimum Gasteiger partial charge on any atom is -0.480 e. The second kappa shape index (κ2) is 11.6. The summed E-state index contributed by atoms with van der Waals surface area (Å²) in [6.07, 6.45) is 1.75. The third-order valence-corrected chi connectivity index (χ3v) is 6.47. The van der Waals surface area contributed by atoms with E-state index in [0.717, 1.165) is 16.0 Å². The highest BCUT2D eigenvalue weighted by molar-refractivity contribution is 7.15. The van der Waals surface area contributed by atoms with Gasteiger partial charge in [0.15, 0.2) is 5.13 Å². The lowest BCUT2D eigenvalue weighted by Crippen LogP contribution is -2.28. The lowest BCUT2D eigenvalue weighted by molar-refractivity contribution is -0.142. The molecule has 35 heavy (non-hydrogen) atoms. The maximum atomic E-state index is 12.4. The molecule has 1 aromatic heterocycles. The summed E-state index contributed by atoms with van der Waals surface area (Å²) in [4.78, 5) is 39.7. The third-order valence-electron chi connectivity index (χ3n) is 5.50. The van der Waals surface area contributed by atoms with Gasteiger partial charge in [0, 0.05) is 30.0 Å². The number of amides is 2. The van der Waals surface area contributed by atoms with Crippen LogP contribution in [-0.4, -0.2) is 54.4 Å². The van der Waals surface area contributed by atoms with Gasteiger partial charge in [-0.05, 0) is 28.7 Å². The molecule has 3 aromatic rings. The molecule has 3 N–H and O–H groups in total. The van der Waals surface area contributed by atoms with Gasteiger partial charge in [-0.3, -0.25) is 10.1 Å². The first-order chi connectivity index (χ1) is 17.0. The first kappa shape index (κ1) is 24.4. The Bertz CT molecular complexity index is 1170. The average molecular weight is 496 g/mol. The second-order valence-electron chi connectivity index (χ2n) is 7.88. The molecule has 0 spiro atoms. The van der Waals surface area contributed by atoms with Crippen LogP contribution < -0.4 is 10.6 Å². The summed E-state index contributed by atoms with van der Waals surface area (Å²) < 4.78 is 10.4. The van der Waals surface area contributed by atoms with Gasteiger partial charge in [-0.1, -0.05) is 48.5 Å². The number of aryl methyl sites for hydroxylation is 1. The minimum atomic E-state index is -1.05. The number of carbonyl (C=O) groups excluding carboxylic acids is 2. The number of carboxylic acid groups (broad SMARTS) is 1. The lowest BCUT2D eigenvalue weighted by Gasteiger charge is -2.14. The molecule has 0 unspecified atom stereocenters. The Morgan fingerprint density at radius 2 is 1.71 bits per heavy atom. The maximum Gasteiger partial charge on any atom is 0.413 e. The van der Waals surface area contributed by atoms with Crippen molar-refractivity contribution in [3.63, 3.8) is 0 Å². The van der Waals surface area contributed by atoms with Crippen LogP contribution in [0.1, 0.15) is 28.3 Å². The van der Waals surface area contributed by atoms with Crippen molar-refractivity contribution in [2.24, 2.45) is 0 Å². The molecule has 0 saturated heterocycles. The fourth-order valence-corrected chi connectivity index (χ4v) is 4.75. The maximum absolute atomic E-state index is 12.4. The number of ether oxygens (including phenoxy) is 2. The molecular weight excluding hydrogens is 470 g/mol. The van der Waals surface area contributed by atoms with Gasteiger partial charge >= 0.3 is 12.1 Å². The molecule has 9 nitrogen and oxygen atoms in total. The van der Waals surface area contributed by atoms with Crippen LogP contribution in [0.2, 0.25) is 0 Å². The highest BCUT2D eigenvalue weighted by Crippen LogP contribution is 2.44. The first-order valence-corrected chi connectivity index (χ1v) is 12.0. The Kier molecular flexibility index (Phi) is 8.07. The first-order valence-electron chi connectivity index (χ1n) is 11.1. The molecule has 0 atom stereocenters. The van der Waals surface area contributed by atoms with Crippen molar-refractivity contribution >= 4 is 34.4 Å². The summed E-state index contributed by atoms with van der Waals surface area (Å²) in [6, 6.07) is 16.3. The Hall–Kier alpha value is -3.76. The number of hydrogen-bond acceptors (Lipinski definition) is 7. The number of benzene rings is 2. The minimum absolute atomic E-state index is 0.0203. The fourth-order valence-electron chi connectivity index (χ4n) is 3.95. The highest BCUT2D eigenvalue weighted by Gasteiger charge is 2.29. The number of nitrogens with zero attached hydrogens (tertiary/aromatic N) is 1. The zero-order valence-electron chi connectivity index (χ0n) is 18.9. The summed E-state index contributed by atoms with van der Waals surface area (Å²) in [5.41, 5.74) is 4.62. The van der Waals surface area contributed by atoms with Crippen molar-refractivity contribution in [3.8, 4) is 11.1 Å². The van der Waals surface area contributed by atoms with Crippen LogP contribution in [0.5, 0.6) is 0 Å². The van der Waals surface area contributed by atoms with Crippen molar-refractivity contribution in [2.45, 2.75) is 18.8 Å². The number of carbonyl (C=O) groups is 3. The van der Waals surface area contributed by atoms with Gasteiger partial charge < -0.3 is 19.9 Å². The Balaban J connectivity index is 1.21. The van der Waals surface area contributed by atoms with E-state index in [-0.39, 0.29) is 38.0 Å². The van der Waals surface area contributed by atoms with Crippen LogP contribution in [0.15, 0.2) is 54.7 Å². The molecule has 1 aliphatic rings. The van der Waals surface area contributed by atoms with E-state index in [0.29, 0.717) is 11.6 Å². The highest BCUT2D eigenvalue weighted by atomic mass is 32.1. The van der Waals surface area contributed by atoms with Gasteiger partial charge in [-0.2, -0.15) is 0 Å². The molecule has 0 saturated carbocycles. The molecule has 0 fully saturated rings. The number of aliphatic carboxylic acids is 1. The van der Waals surface area contributed by atoms with Crippen LogP contribution in [0.4, 0.5) is 9.93 Å². The summed E-state index contributed by atoms with van der Waals surface area (Å²) in [6.45, 7) is 0.195. The molecular formula is C25H25N3O6S. The van der Waals surface area contributed by atoms with Crippen molar-refractivity contribution in [3.05, 3.63) is 70.7 Å². The van der Waals surface area contributed by atoms with Gasteiger partial charge in [0.25, 0.3) is 0 Å². The van der Waals surface area contributed by atoms with E-state index in [2.05, 4.69) is 39.9 Å². The van der Waals surface area contributed by atoms with Crippen molar-refractivity contribution < 1.29 is 29.0 Å². The van der Waals surface area contributed by atoms with Gasteiger partial charge in [-0.15, -0.1) is 11.3 Å².